The Morgan fingerprint density at radius 3 is 1.33 bits per heavy atom. The number of aryl methyl sites for hydroxylation is 3. The van der Waals surface area contributed by atoms with E-state index in [9.17, 15) is 0 Å². The van der Waals surface area contributed by atoms with Crippen molar-refractivity contribution < 1.29 is 0 Å². The topological polar surface area (TPSA) is 0 Å². The lowest BCUT2D eigenvalue weighted by atomic mass is 10.1. The molecule has 0 aliphatic rings. The Balaban J connectivity index is 2.04. The van der Waals surface area contributed by atoms with E-state index < -0.39 is 0 Å². The SMILES string of the molecule is CCCc1ccc([S+](c2ccc(C)cc2)c2ccc(C)cc2)cc1. The zero-order valence-electron chi connectivity index (χ0n) is 14.8. The summed E-state index contributed by atoms with van der Waals surface area (Å²) < 4.78 is 0. The first-order valence-corrected chi connectivity index (χ1v) is 9.86. The number of hydrogen-bond donors (Lipinski definition) is 0. The summed E-state index contributed by atoms with van der Waals surface area (Å²) in [5.41, 5.74) is 4.05. The van der Waals surface area contributed by atoms with Crippen LogP contribution in [0.1, 0.15) is 30.0 Å². The molecule has 0 aliphatic heterocycles. The van der Waals surface area contributed by atoms with Gasteiger partial charge < -0.3 is 0 Å². The summed E-state index contributed by atoms with van der Waals surface area (Å²) in [5, 5.41) is 0. The van der Waals surface area contributed by atoms with Crippen molar-refractivity contribution in [2.24, 2.45) is 0 Å². The molecule has 0 N–H and O–H groups in total. The van der Waals surface area contributed by atoms with Gasteiger partial charge >= 0.3 is 0 Å². The van der Waals surface area contributed by atoms with E-state index >= 15 is 0 Å². The van der Waals surface area contributed by atoms with Gasteiger partial charge in [-0.15, -0.1) is 0 Å². The first-order valence-electron chi connectivity index (χ1n) is 8.64. The maximum absolute atomic E-state index is 2.31. The quantitative estimate of drug-likeness (QED) is 0.477. The second-order valence-electron chi connectivity index (χ2n) is 6.33. The van der Waals surface area contributed by atoms with Crippen molar-refractivity contribution in [3.63, 3.8) is 0 Å². The average molecular weight is 334 g/mol. The molecule has 0 unspecified atom stereocenters. The summed E-state index contributed by atoms with van der Waals surface area (Å²) in [6, 6.07) is 27.2. The van der Waals surface area contributed by atoms with Gasteiger partial charge in [-0.05, 0) is 62.2 Å². The molecule has 1 heteroatoms. The third-order valence-corrected chi connectivity index (χ3v) is 6.44. The molecular formula is C23H25S+. The minimum absolute atomic E-state index is 0.0434. The van der Waals surface area contributed by atoms with E-state index in [2.05, 4.69) is 93.6 Å². The van der Waals surface area contributed by atoms with Crippen LogP contribution in [0.5, 0.6) is 0 Å². The Labute approximate surface area is 148 Å². The average Bonchev–Trinajstić information content (AvgIpc) is 2.60. The van der Waals surface area contributed by atoms with Gasteiger partial charge in [-0.25, -0.2) is 0 Å². The summed E-state index contributed by atoms with van der Waals surface area (Å²) in [6.45, 7) is 6.53. The standard InChI is InChI=1S/C23H25S/c1-4-5-20-10-16-23(17-11-20)24(21-12-6-18(2)7-13-21)22-14-8-19(3)9-15-22/h6-17H,4-5H2,1-3H3/q+1. The van der Waals surface area contributed by atoms with Crippen LogP contribution in [-0.2, 0) is 17.3 Å². The van der Waals surface area contributed by atoms with E-state index in [1.54, 1.807) is 0 Å². The molecule has 0 heterocycles. The number of benzene rings is 3. The molecule has 0 saturated heterocycles. The molecule has 24 heavy (non-hydrogen) atoms. The van der Waals surface area contributed by atoms with Crippen molar-refractivity contribution in [2.45, 2.75) is 48.3 Å². The van der Waals surface area contributed by atoms with Crippen molar-refractivity contribution in [3.8, 4) is 0 Å². The highest BCUT2D eigenvalue weighted by Gasteiger charge is 2.28. The van der Waals surface area contributed by atoms with E-state index in [1.165, 1.54) is 37.8 Å². The molecule has 3 aromatic carbocycles. The lowest BCUT2D eigenvalue weighted by Crippen LogP contribution is -2.05. The van der Waals surface area contributed by atoms with Gasteiger partial charge in [0.15, 0.2) is 14.7 Å². The molecule has 3 aromatic rings. The van der Waals surface area contributed by atoms with E-state index in [1.807, 2.05) is 0 Å². The smallest absolute Gasteiger partial charge is 0.0651 e. The normalized spacial score (nSPS) is 11.0. The lowest BCUT2D eigenvalue weighted by Gasteiger charge is -2.09. The van der Waals surface area contributed by atoms with Gasteiger partial charge in [-0.1, -0.05) is 60.9 Å². The second-order valence-corrected chi connectivity index (χ2v) is 8.35. The van der Waals surface area contributed by atoms with Gasteiger partial charge in [0.25, 0.3) is 0 Å². The van der Waals surface area contributed by atoms with Crippen molar-refractivity contribution in [2.75, 3.05) is 0 Å². The van der Waals surface area contributed by atoms with Gasteiger partial charge in [0.05, 0.1) is 10.9 Å². The fourth-order valence-electron chi connectivity index (χ4n) is 2.84. The van der Waals surface area contributed by atoms with Crippen molar-refractivity contribution in [3.05, 3.63) is 89.5 Å². The van der Waals surface area contributed by atoms with Gasteiger partial charge in [0.2, 0.25) is 0 Å². The van der Waals surface area contributed by atoms with Crippen LogP contribution in [0, 0.1) is 13.8 Å². The molecule has 0 radical (unpaired) electrons. The Morgan fingerprint density at radius 1 is 0.583 bits per heavy atom. The van der Waals surface area contributed by atoms with E-state index in [0.29, 0.717) is 0 Å². The maximum atomic E-state index is 2.31. The lowest BCUT2D eigenvalue weighted by molar-refractivity contribution is 0.920. The van der Waals surface area contributed by atoms with Gasteiger partial charge in [-0.3, -0.25) is 0 Å². The molecule has 0 atom stereocenters. The number of rotatable bonds is 5. The second kappa shape index (κ2) is 7.72. The third kappa shape index (κ3) is 3.91. The van der Waals surface area contributed by atoms with Crippen LogP contribution in [0.15, 0.2) is 87.5 Å². The van der Waals surface area contributed by atoms with E-state index in [-0.39, 0.29) is 10.9 Å². The van der Waals surface area contributed by atoms with Crippen LogP contribution in [-0.4, -0.2) is 0 Å². The zero-order chi connectivity index (χ0) is 16.9. The first-order chi connectivity index (χ1) is 11.7. The molecule has 0 saturated carbocycles. The summed E-state index contributed by atoms with van der Waals surface area (Å²) in [5.74, 6) is 0. The van der Waals surface area contributed by atoms with Crippen LogP contribution in [0.25, 0.3) is 0 Å². The Kier molecular flexibility index (Phi) is 5.42. The Bertz CT molecular complexity index is 722. The minimum atomic E-state index is -0.0434. The molecule has 0 bridgehead atoms. The van der Waals surface area contributed by atoms with Crippen molar-refractivity contribution in [1.82, 2.24) is 0 Å². The van der Waals surface area contributed by atoms with Crippen LogP contribution in [0.4, 0.5) is 0 Å². The summed E-state index contributed by atoms with van der Waals surface area (Å²) in [4.78, 5) is 4.16. The molecule has 0 aliphatic carbocycles. The predicted octanol–water partition coefficient (Wildman–Crippen LogP) is 6.35. The maximum Gasteiger partial charge on any atom is 0.166 e. The van der Waals surface area contributed by atoms with Crippen molar-refractivity contribution in [1.29, 1.82) is 0 Å². The van der Waals surface area contributed by atoms with Crippen LogP contribution in [0.2, 0.25) is 0 Å². The van der Waals surface area contributed by atoms with Crippen LogP contribution >= 0.6 is 0 Å². The summed E-state index contributed by atoms with van der Waals surface area (Å²) >= 11 is 0. The molecular weight excluding hydrogens is 308 g/mol. The largest absolute Gasteiger partial charge is 0.166 e. The fraction of sp³-hybridized carbons (Fsp3) is 0.217. The molecule has 3 rings (SSSR count). The van der Waals surface area contributed by atoms with Gasteiger partial charge in [0.1, 0.15) is 0 Å². The highest BCUT2D eigenvalue weighted by Crippen LogP contribution is 2.31. The van der Waals surface area contributed by atoms with Gasteiger partial charge in [-0.2, -0.15) is 0 Å². The minimum Gasteiger partial charge on any atom is -0.0651 e. The van der Waals surface area contributed by atoms with Gasteiger partial charge in [0, 0.05) is 0 Å². The predicted molar refractivity (Wildman–Crippen MR) is 105 cm³/mol. The van der Waals surface area contributed by atoms with Crippen LogP contribution in [0.3, 0.4) is 0 Å². The highest BCUT2D eigenvalue weighted by molar-refractivity contribution is 7.97. The van der Waals surface area contributed by atoms with E-state index in [4.69, 9.17) is 0 Å². The molecule has 0 spiro atoms. The Morgan fingerprint density at radius 2 is 0.958 bits per heavy atom. The monoisotopic (exact) mass is 333 g/mol. The molecule has 0 aromatic heterocycles. The zero-order valence-corrected chi connectivity index (χ0v) is 15.6. The third-order valence-electron chi connectivity index (χ3n) is 4.21. The first kappa shape index (κ1) is 16.9. The fourth-order valence-corrected chi connectivity index (χ4v) is 4.88. The van der Waals surface area contributed by atoms with Crippen molar-refractivity contribution >= 4 is 10.9 Å². The number of hydrogen-bond acceptors (Lipinski definition) is 0. The molecule has 0 nitrogen and oxygen atoms in total. The molecule has 122 valence electrons. The summed E-state index contributed by atoms with van der Waals surface area (Å²) in [6.07, 6.45) is 2.35. The van der Waals surface area contributed by atoms with E-state index in [0.717, 1.165) is 6.42 Å². The molecule has 0 amide bonds. The summed E-state index contributed by atoms with van der Waals surface area (Å²) in [7, 11) is -0.0434. The van der Waals surface area contributed by atoms with Crippen LogP contribution < -0.4 is 0 Å². The Hall–Kier alpha value is -1.99. The molecule has 0 fully saturated rings. The highest BCUT2D eigenvalue weighted by atomic mass is 32.2.